The Morgan fingerprint density at radius 2 is 2.18 bits per heavy atom. The van der Waals surface area contributed by atoms with E-state index in [4.69, 9.17) is 10.5 Å². The minimum Gasteiger partial charge on any atom is -0.497 e. The molecular weight excluding hydrogens is 214 g/mol. The molecule has 17 heavy (non-hydrogen) atoms. The number of nitrogens with two attached hydrogens (primary N) is 1. The summed E-state index contributed by atoms with van der Waals surface area (Å²) in [5.41, 5.74) is 8.75. The first-order valence-corrected chi connectivity index (χ1v) is 5.46. The van der Waals surface area contributed by atoms with E-state index in [2.05, 4.69) is 9.38 Å². The van der Waals surface area contributed by atoms with Crippen molar-refractivity contribution in [2.24, 2.45) is 5.73 Å². The molecule has 86 valence electrons. The molecule has 0 aliphatic heterocycles. The quantitative estimate of drug-likeness (QED) is 0.728. The molecule has 0 spiro atoms. The van der Waals surface area contributed by atoms with Crippen molar-refractivity contribution >= 4 is 16.6 Å². The van der Waals surface area contributed by atoms with Gasteiger partial charge in [-0.25, -0.2) is 4.98 Å². The van der Waals surface area contributed by atoms with Gasteiger partial charge >= 0.3 is 0 Å². The summed E-state index contributed by atoms with van der Waals surface area (Å²) in [6.07, 6.45) is 1.82. The van der Waals surface area contributed by atoms with Crippen LogP contribution >= 0.6 is 0 Å². The van der Waals surface area contributed by atoms with Crippen LogP contribution < -0.4 is 10.5 Å². The van der Waals surface area contributed by atoms with Crippen molar-refractivity contribution in [3.05, 3.63) is 42.2 Å². The average Bonchev–Trinajstić information content (AvgIpc) is 2.81. The van der Waals surface area contributed by atoms with Crippen LogP contribution in [-0.2, 0) is 6.54 Å². The van der Waals surface area contributed by atoms with Crippen LogP contribution in [0, 0.1) is 0 Å². The molecule has 1 aromatic carbocycles. The van der Waals surface area contributed by atoms with Crippen molar-refractivity contribution in [3.63, 3.8) is 0 Å². The Morgan fingerprint density at radius 3 is 2.94 bits per heavy atom. The Kier molecular flexibility index (Phi) is 2.23. The summed E-state index contributed by atoms with van der Waals surface area (Å²) in [5, 5.41) is 1.12. The van der Waals surface area contributed by atoms with Crippen LogP contribution in [-0.4, -0.2) is 16.5 Å². The molecule has 4 heteroatoms. The standard InChI is InChI=1S/C13H13N3O/c1-17-11-3-4-12-9(6-11)2-5-13-15-8-10(7-14)16(12)13/h2-6,8H,7,14H2,1H3. The summed E-state index contributed by atoms with van der Waals surface area (Å²) in [4.78, 5) is 4.33. The zero-order chi connectivity index (χ0) is 11.8. The number of ether oxygens (including phenoxy) is 1. The van der Waals surface area contributed by atoms with E-state index in [1.165, 1.54) is 0 Å². The molecule has 4 nitrogen and oxygen atoms in total. The number of benzene rings is 1. The summed E-state index contributed by atoms with van der Waals surface area (Å²) in [7, 11) is 1.67. The van der Waals surface area contributed by atoms with Crippen molar-refractivity contribution in [1.29, 1.82) is 0 Å². The van der Waals surface area contributed by atoms with E-state index in [9.17, 15) is 0 Å². The normalized spacial score (nSPS) is 11.2. The highest BCUT2D eigenvalue weighted by molar-refractivity contribution is 5.83. The van der Waals surface area contributed by atoms with E-state index in [0.717, 1.165) is 28.0 Å². The lowest BCUT2D eigenvalue weighted by Gasteiger charge is -2.06. The molecule has 3 rings (SSSR count). The lowest BCUT2D eigenvalue weighted by atomic mass is 10.2. The molecule has 0 aliphatic carbocycles. The summed E-state index contributed by atoms with van der Waals surface area (Å²) in [5.74, 6) is 0.853. The van der Waals surface area contributed by atoms with Gasteiger partial charge in [-0.15, -0.1) is 0 Å². The summed E-state index contributed by atoms with van der Waals surface area (Å²) in [6, 6.07) is 10.0. The number of pyridine rings is 1. The van der Waals surface area contributed by atoms with E-state index in [-0.39, 0.29) is 0 Å². The maximum absolute atomic E-state index is 5.72. The van der Waals surface area contributed by atoms with Gasteiger partial charge in [0, 0.05) is 11.9 Å². The van der Waals surface area contributed by atoms with Crippen molar-refractivity contribution in [2.45, 2.75) is 6.54 Å². The van der Waals surface area contributed by atoms with Crippen LogP contribution in [0.25, 0.3) is 16.6 Å². The number of hydrogen-bond acceptors (Lipinski definition) is 3. The molecule has 2 N–H and O–H groups in total. The number of imidazole rings is 1. The van der Waals surface area contributed by atoms with Crippen LogP contribution in [0.3, 0.4) is 0 Å². The first kappa shape index (κ1) is 10.1. The van der Waals surface area contributed by atoms with Crippen molar-refractivity contribution in [2.75, 3.05) is 7.11 Å². The maximum Gasteiger partial charge on any atom is 0.137 e. The lowest BCUT2D eigenvalue weighted by Crippen LogP contribution is -2.01. The second-order valence-corrected chi connectivity index (χ2v) is 3.91. The van der Waals surface area contributed by atoms with Gasteiger partial charge in [0.05, 0.1) is 24.5 Å². The molecule has 0 radical (unpaired) electrons. The van der Waals surface area contributed by atoms with Crippen molar-refractivity contribution < 1.29 is 4.74 Å². The van der Waals surface area contributed by atoms with E-state index < -0.39 is 0 Å². The van der Waals surface area contributed by atoms with E-state index >= 15 is 0 Å². The SMILES string of the molecule is COc1ccc2c(ccc3ncc(CN)n32)c1. The Hall–Kier alpha value is -2.07. The summed E-state index contributed by atoms with van der Waals surface area (Å²) >= 11 is 0. The fraction of sp³-hybridized carbons (Fsp3) is 0.154. The first-order valence-electron chi connectivity index (χ1n) is 5.46. The molecule has 0 saturated heterocycles. The van der Waals surface area contributed by atoms with Crippen molar-refractivity contribution in [1.82, 2.24) is 9.38 Å². The minimum absolute atomic E-state index is 0.478. The molecule has 0 unspecified atom stereocenters. The molecule has 2 aromatic heterocycles. The molecular formula is C13H13N3O. The average molecular weight is 227 g/mol. The predicted molar refractivity (Wildman–Crippen MR) is 67.1 cm³/mol. The zero-order valence-electron chi connectivity index (χ0n) is 9.55. The fourth-order valence-corrected chi connectivity index (χ4v) is 2.10. The lowest BCUT2D eigenvalue weighted by molar-refractivity contribution is 0.415. The Bertz CT molecular complexity index is 688. The summed E-state index contributed by atoms with van der Waals surface area (Å²) in [6.45, 7) is 0.478. The molecule has 0 fully saturated rings. The van der Waals surface area contributed by atoms with Gasteiger partial charge in [-0.3, -0.25) is 4.40 Å². The minimum atomic E-state index is 0.478. The molecule has 0 atom stereocenters. The van der Waals surface area contributed by atoms with E-state index in [1.807, 2.05) is 36.5 Å². The molecule has 3 aromatic rings. The van der Waals surface area contributed by atoms with Crippen LogP contribution in [0.2, 0.25) is 0 Å². The highest BCUT2D eigenvalue weighted by atomic mass is 16.5. The number of hydrogen-bond donors (Lipinski definition) is 1. The first-order chi connectivity index (χ1) is 8.33. The molecule has 0 aliphatic rings. The van der Waals surface area contributed by atoms with Gasteiger partial charge in [0.2, 0.25) is 0 Å². The predicted octanol–water partition coefficient (Wildman–Crippen LogP) is 1.95. The second kappa shape index (κ2) is 3.75. The smallest absolute Gasteiger partial charge is 0.137 e. The van der Waals surface area contributed by atoms with Gasteiger partial charge in [-0.2, -0.15) is 0 Å². The highest BCUT2D eigenvalue weighted by Gasteiger charge is 2.06. The molecule has 2 heterocycles. The van der Waals surface area contributed by atoms with Crippen LogP contribution in [0.4, 0.5) is 0 Å². The number of nitrogens with zero attached hydrogens (tertiary/aromatic N) is 2. The maximum atomic E-state index is 5.72. The second-order valence-electron chi connectivity index (χ2n) is 3.91. The van der Waals surface area contributed by atoms with Gasteiger partial charge in [0.1, 0.15) is 11.4 Å². The van der Waals surface area contributed by atoms with Crippen LogP contribution in [0.1, 0.15) is 5.69 Å². The van der Waals surface area contributed by atoms with Crippen molar-refractivity contribution in [3.8, 4) is 5.75 Å². The Labute approximate surface area is 98.6 Å². The number of rotatable bonds is 2. The number of fused-ring (bicyclic) bond motifs is 3. The van der Waals surface area contributed by atoms with E-state index in [0.29, 0.717) is 6.54 Å². The Balaban J connectivity index is 2.42. The highest BCUT2D eigenvalue weighted by Crippen LogP contribution is 2.23. The topological polar surface area (TPSA) is 52.5 Å². The van der Waals surface area contributed by atoms with Crippen LogP contribution in [0.15, 0.2) is 36.5 Å². The van der Waals surface area contributed by atoms with Gasteiger partial charge < -0.3 is 10.5 Å². The van der Waals surface area contributed by atoms with Crippen LogP contribution in [0.5, 0.6) is 5.75 Å². The zero-order valence-corrected chi connectivity index (χ0v) is 9.55. The largest absolute Gasteiger partial charge is 0.497 e. The van der Waals surface area contributed by atoms with Gasteiger partial charge in [0.15, 0.2) is 0 Å². The monoisotopic (exact) mass is 227 g/mol. The number of aromatic nitrogens is 2. The van der Waals surface area contributed by atoms with Gasteiger partial charge in [0.25, 0.3) is 0 Å². The third-order valence-corrected chi connectivity index (χ3v) is 2.96. The molecule has 0 saturated carbocycles. The Morgan fingerprint density at radius 1 is 1.29 bits per heavy atom. The van der Waals surface area contributed by atoms with Gasteiger partial charge in [-0.1, -0.05) is 0 Å². The molecule has 0 bridgehead atoms. The third-order valence-electron chi connectivity index (χ3n) is 2.96. The number of methoxy groups -OCH3 is 1. The fourth-order valence-electron chi connectivity index (χ4n) is 2.10. The third kappa shape index (κ3) is 1.45. The van der Waals surface area contributed by atoms with E-state index in [1.54, 1.807) is 7.11 Å². The molecule has 0 amide bonds. The summed E-state index contributed by atoms with van der Waals surface area (Å²) < 4.78 is 7.30. The van der Waals surface area contributed by atoms with Gasteiger partial charge in [-0.05, 0) is 30.3 Å².